The molecule has 8 nitrogen and oxygen atoms in total. The van der Waals surface area contributed by atoms with Gasteiger partial charge in [0, 0.05) is 29.6 Å². The van der Waals surface area contributed by atoms with E-state index in [9.17, 15) is 9.18 Å². The van der Waals surface area contributed by atoms with Gasteiger partial charge in [0.15, 0.2) is 11.5 Å². The first-order chi connectivity index (χ1) is 14.0. The number of hydrogen-bond donors (Lipinski definition) is 2. The summed E-state index contributed by atoms with van der Waals surface area (Å²) >= 11 is 0. The largest absolute Gasteiger partial charge is 0.493 e. The summed E-state index contributed by atoms with van der Waals surface area (Å²) in [5.41, 5.74) is 1.20. The number of carbonyl (C=O) groups excluding carboxylic acids is 1. The Morgan fingerprint density at radius 2 is 1.55 bits per heavy atom. The molecule has 1 aromatic heterocycles. The molecule has 29 heavy (non-hydrogen) atoms. The molecule has 1 amide bonds. The summed E-state index contributed by atoms with van der Waals surface area (Å²) < 4.78 is 28.9. The molecular weight excluding hydrogens is 379 g/mol. The number of hydrogen-bond acceptors (Lipinski definition) is 7. The summed E-state index contributed by atoms with van der Waals surface area (Å²) in [6.45, 7) is 0. The minimum Gasteiger partial charge on any atom is -0.493 e. The van der Waals surface area contributed by atoms with Crippen LogP contribution >= 0.6 is 0 Å². The third kappa shape index (κ3) is 4.70. The molecule has 0 saturated carbocycles. The number of anilines is 3. The average molecular weight is 398 g/mol. The Kier molecular flexibility index (Phi) is 6.08. The molecule has 0 saturated heterocycles. The smallest absolute Gasteiger partial charge is 0.274 e. The Morgan fingerprint density at radius 3 is 2.14 bits per heavy atom. The average Bonchev–Trinajstić information content (AvgIpc) is 2.74. The highest BCUT2D eigenvalue weighted by Gasteiger charge is 2.16. The lowest BCUT2D eigenvalue weighted by molar-refractivity contribution is 0.102. The van der Waals surface area contributed by atoms with E-state index >= 15 is 0 Å². The van der Waals surface area contributed by atoms with E-state index in [2.05, 4.69) is 20.6 Å². The Labute approximate surface area is 166 Å². The molecule has 2 aromatic carbocycles. The number of benzene rings is 2. The standard InChI is InChI=1S/C20H19FN4O4/c1-27-16-8-14(9-17(28-2)19(16)29-3)25-20(26)15-10-18(23-11-22-15)24-13-6-4-12(21)5-7-13/h4-11H,1-3H3,(H,25,26)(H,22,23,24). The van der Waals surface area contributed by atoms with Crippen LogP contribution in [0.4, 0.5) is 21.6 Å². The fourth-order valence-corrected chi connectivity index (χ4v) is 2.58. The maximum atomic E-state index is 13.0. The van der Waals surface area contributed by atoms with E-state index in [1.54, 1.807) is 24.3 Å². The van der Waals surface area contributed by atoms with Crippen LogP contribution in [-0.2, 0) is 0 Å². The minimum atomic E-state index is -0.455. The van der Waals surface area contributed by atoms with E-state index in [1.165, 1.54) is 45.9 Å². The first kappa shape index (κ1) is 19.9. The van der Waals surface area contributed by atoms with Crippen LogP contribution in [0.25, 0.3) is 0 Å². The topological polar surface area (TPSA) is 94.6 Å². The summed E-state index contributed by atoms with van der Waals surface area (Å²) in [7, 11) is 4.47. The highest BCUT2D eigenvalue weighted by Crippen LogP contribution is 2.40. The minimum absolute atomic E-state index is 0.137. The fourth-order valence-electron chi connectivity index (χ4n) is 2.58. The van der Waals surface area contributed by atoms with Gasteiger partial charge in [-0.2, -0.15) is 0 Å². The van der Waals surface area contributed by atoms with Crippen LogP contribution in [0.1, 0.15) is 10.5 Å². The molecule has 0 radical (unpaired) electrons. The summed E-state index contributed by atoms with van der Waals surface area (Å²) in [5, 5.41) is 5.72. The monoisotopic (exact) mass is 398 g/mol. The normalized spacial score (nSPS) is 10.2. The number of methoxy groups -OCH3 is 3. The zero-order valence-electron chi connectivity index (χ0n) is 16.0. The van der Waals surface area contributed by atoms with Crippen molar-refractivity contribution in [1.29, 1.82) is 0 Å². The van der Waals surface area contributed by atoms with Gasteiger partial charge in [-0.3, -0.25) is 4.79 Å². The van der Waals surface area contributed by atoms with Crippen molar-refractivity contribution in [3.05, 3.63) is 60.3 Å². The van der Waals surface area contributed by atoms with Gasteiger partial charge in [-0.25, -0.2) is 14.4 Å². The summed E-state index contributed by atoms with van der Waals surface area (Å²) in [5.74, 6) is 0.821. The van der Waals surface area contributed by atoms with E-state index in [1.807, 2.05) is 0 Å². The first-order valence-corrected chi connectivity index (χ1v) is 8.50. The lowest BCUT2D eigenvalue weighted by Gasteiger charge is -2.14. The van der Waals surface area contributed by atoms with Crippen LogP contribution in [0.3, 0.4) is 0 Å². The highest BCUT2D eigenvalue weighted by molar-refractivity contribution is 6.03. The molecule has 3 aromatic rings. The number of carbonyl (C=O) groups is 1. The number of amides is 1. The molecule has 9 heteroatoms. The van der Waals surface area contributed by atoms with E-state index < -0.39 is 5.91 Å². The van der Waals surface area contributed by atoms with Crippen LogP contribution in [0.5, 0.6) is 17.2 Å². The van der Waals surface area contributed by atoms with Gasteiger partial charge in [0.05, 0.1) is 21.3 Å². The number of nitrogens with one attached hydrogen (secondary N) is 2. The SMILES string of the molecule is COc1cc(NC(=O)c2cc(Nc3ccc(F)cc3)ncn2)cc(OC)c1OC. The maximum Gasteiger partial charge on any atom is 0.274 e. The van der Waals surface area contributed by atoms with Gasteiger partial charge < -0.3 is 24.8 Å². The van der Waals surface area contributed by atoms with Crippen LogP contribution < -0.4 is 24.8 Å². The molecule has 150 valence electrons. The number of ether oxygens (including phenoxy) is 3. The van der Waals surface area contributed by atoms with Crippen molar-refractivity contribution in [2.75, 3.05) is 32.0 Å². The zero-order chi connectivity index (χ0) is 20.8. The third-order valence-electron chi connectivity index (χ3n) is 3.94. The predicted octanol–water partition coefficient (Wildman–Crippen LogP) is 3.64. The van der Waals surface area contributed by atoms with Crippen molar-refractivity contribution >= 4 is 23.1 Å². The Morgan fingerprint density at radius 1 is 0.897 bits per heavy atom. The van der Waals surface area contributed by atoms with Crippen molar-refractivity contribution in [2.24, 2.45) is 0 Å². The van der Waals surface area contributed by atoms with Crippen molar-refractivity contribution in [2.45, 2.75) is 0 Å². The van der Waals surface area contributed by atoms with Gasteiger partial charge in [0.1, 0.15) is 23.7 Å². The van der Waals surface area contributed by atoms with Gasteiger partial charge in [-0.1, -0.05) is 0 Å². The van der Waals surface area contributed by atoms with Crippen LogP contribution in [0.2, 0.25) is 0 Å². The number of nitrogens with zero attached hydrogens (tertiary/aromatic N) is 2. The van der Waals surface area contributed by atoms with E-state index in [4.69, 9.17) is 14.2 Å². The molecule has 0 aliphatic heterocycles. The van der Waals surface area contributed by atoms with Crippen LogP contribution in [0.15, 0.2) is 48.8 Å². The molecule has 0 unspecified atom stereocenters. The van der Waals surface area contributed by atoms with Crippen molar-refractivity contribution in [1.82, 2.24) is 9.97 Å². The maximum absolute atomic E-state index is 13.0. The molecule has 3 rings (SSSR count). The van der Waals surface area contributed by atoms with Crippen LogP contribution in [-0.4, -0.2) is 37.2 Å². The molecule has 0 aliphatic carbocycles. The summed E-state index contributed by atoms with van der Waals surface area (Å²) in [6, 6.07) is 10.5. The first-order valence-electron chi connectivity index (χ1n) is 8.50. The van der Waals surface area contributed by atoms with E-state index in [0.29, 0.717) is 34.4 Å². The number of aromatic nitrogens is 2. The van der Waals surface area contributed by atoms with Crippen molar-refractivity contribution < 1.29 is 23.4 Å². The summed E-state index contributed by atoms with van der Waals surface area (Å²) in [4.78, 5) is 20.7. The van der Waals surface area contributed by atoms with E-state index in [0.717, 1.165) is 0 Å². The Hall–Kier alpha value is -3.88. The molecule has 0 aliphatic rings. The molecule has 0 atom stereocenters. The third-order valence-corrected chi connectivity index (χ3v) is 3.94. The quantitative estimate of drug-likeness (QED) is 0.627. The predicted molar refractivity (Wildman–Crippen MR) is 106 cm³/mol. The summed E-state index contributed by atoms with van der Waals surface area (Å²) in [6.07, 6.45) is 1.26. The molecule has 0 fully saturated rings. The molecular formula is C20H19FN4O4. The highest BCUT2D eigenvalue weighted by atomic mass is 19.1. The van der Waals surface area contributed by atoms with Gasteiger partial charge in [0.2, 0.25) is 5.75 Å². The molecule has 0 bridgehead atoms. The van der Waals surface area contributed by atoms with Gasteiger partial charge >= 0.3 is 0 Å². The zero-order valence-corrected chi connectivity index (χ0v) is 16.0. The van der Waals surface area contributed by atoms with Gasteiger partial charge in [-0.05, 0) is 24.3 Å². The second-order valence-electron chi connectivity index (χ2n) is 5.79. The second kappa shape index (κ2) is 8.87. The molecule has 1 heterocycles. The Balaban J connectivity index is 1.80. The Bertz CT molecular complexity index is 987. The van der Waals surface area contributed by atoms with Gasteiger partial charge in [-0.15, -0.1) is 0 Å². The molecule has 2 N–H and O–H groups in total. The van der Waals surface area contributed by atoms with Crippen molar-refractivity contribution in [3.8, 4) is 17.2 Å². The number of halogens is 1. The van der Waals surface area contributed by atoms with Gasteiger partial charge in [0.25, 0.3) is 5.91 Å². The lowest BCUT2D eigenvalue weighted by atomic mass is 10.2. The fraction of sp³-hybridized carbons (Fsp3) is 0.150. The second-order valence-corrected chi connectivity index (χ2v) is 5.79. The van der Waals surface area contributed by atoms with E-state index in [-0.39, 0.29) is 11.5 Å². The van der Waals surface area contributed by atoms with Crippen LogP contribution in [0, 0.1) is 5.82 Å². The molecule has 0 spiro atoms. The number of rotatable bonds is 7. The lowest BCUT2D eigenvalue weighted by Crippen LogP contribution is -2.14. The van der Waals surface area contributed by atoms with Crippen molar-refractivity contribution in [3.63, 3.8) is 0 Å².